The van der Waals surface area contributed by atoms with E-state index < -0.39 is 12.0 Å². The van der Waals surface area contributed by atoms with Crippen LogP contribution in [0.3, 0.4) is 0 Å². The minimum absolute atomic E-state index is 0.00187. The summed E-state index contributed by atoms with van der Waals surface area (Å²) in [6, 6.07) is 2.88. The molecule has 2 saturated heterocycles. The van der Waals surface area contributed by atoms with Gasteiger partial charge in [0.05, 0.1) is 13.2 Å². The van der Waals surface area contributed by atoms with Crippen LogP contribution in [-0.2, 0) is 0 Å². The lowest BCUT2D eigenvalue weighted by molar-refractivity contribution is 0.00296. The van der Waals surface area contributed by atoms with Crippen molar-refractivity contribution in [1.82, 2.24) is 14.8 Å². The number of piperidine rings is 1. The highest BCUT2D eigenvalue weighted by atomic mass is 19.3. The molecule has 3 rings (SSSR count). The summed E-state index contributed by atoms with van der Waals surface area (Å²) in [5, 5.41) is 9.34. The largest absolute Gasteiger partial charge is 0.395 e. The van der Waals surface area contributed by atoms with Crippen LogP contribution in [0.1, 0.15) is 29.6 Å². The van der Waals surface area contributed by atoms with E-state index in [1.807, 2.05) is 0 Å². The molecule has 23 heavy (non-hydrogen) atoms. The number of aromatic nitrogens is 1. The average molecular weight is 325 g/mol. The van der Waals surface area contributed by atoms with Crippen LogP contribution < -0.4 is 0 Å². The molecule has 0 spiro atoms. The van der Waals surface area contributed by atoms with Gasteiger partial charge in [-0.3, -0.25) is 14.7 Å². The zero-order valence-electron chi connectivity index (χ0n) is 12.9. The lowest BCUT2D eigenvalue weighted by Gasteiger charge is -2.38. The van der Waals surface area contributed by atoms with Crippen molar-refractivity contribution in [2.45, 2.75) is 37.3 Å². The molecule has 1 atom stereocenters. The van der Waals surface area contributed by atoms with Gasteiger partial charge in [-0.15, -0.1) is 0 Å². The van der Waals surface area contributed by atoms with Crippen LogP contribution >= 0.6 is 0 Å². The standard InChI is InChI=1S/C16H21F2N3O2/c17-16(18)9-14(10-22)21(11-16)13-3-7-20(8-4-13)15(23)12-1-5-19-6-2-12/h1-2,5-6,13-14,22H,3-4,7-11H2/t14-/m0/s1. The lowest BCUT2D eigenvalue weighted by Crippen LogP contribution is -2.49. The van der Waals surface area contributed by atoms with Crippen molar-refractivity contribution in [3.63, 3.8) is 0 Å². The summed E-state index contributed by atoms with van der Waals surface area (Å²) in [6.45, 7) is 0.561. The maximum atomic E-state index is 13.6. The van der Waals surface area contributed by atoms with Crippen LogP contribution in [0.25, 0.3) is 0 Å². The number of carbonyl (C=O) groups is 1. The number of carbonyl (C=O) groups excluding carboxylic acids is 1. The molecule has 1 N–H and O–H groups in total. The number of amides is 1. The summed E-state index contributed by atoms with van der Waals surface area (Å²) in [6.07, 6.45) is 4.20. The maximum absolute atomic E-state index is 13.6. The van der Waals surface area contributed by atoms with Gasteiger partial charge in [-0.2, -0.15) is 0 Å². The molecule has 0 bridgehead atoms. The minimum atomic E-state index is -2.72. The molecule has 5 nitrogen and oxygen atoms in total. The Labute approximate surface area is 133 Å². The first kappa shape index (κ1) is 16.3. The first-order valence-corrected chi connectivity index (χ1v) is 7.94. The van der Waals surface area contributed by atoms with Crippen molar-refractivity contribution in [3.8, 4) is 0 Å². The Morgan fingerprint density at radius 1 is 1.30 bits per heavy atom. The first-order chi connectivity index (χ1) is 11.0. The van der Waals surface area contributed by atoms with E-state index in [1.165, 1.54) is 0 Å². The third-order valence-corrected chi connectivity index (χ3v) is 4.78. The zero-order chi connectivity index (χ0) is 16.4. The number of alkyl halides is 2. The normalized spacial score (nSPS) is 25.7. The van der Waals surface area contributed by atoms with Gasteiger partial charge in [0.25, 0.3) is 11.8 Å². The Morgan fingerprint density at radius 2 is 1.96 bits per heavy atom. The Morgan fingerprint density at radius 3 is 2.57 bits per heavy atom. The van der Waals surface area contributed by atoms with Gasteiger partial charge in [0.1, 0.15) is 0 Å². The van der Waals surface area contributed by atoms with Gasteiger partial charge in [-0.05, 0) is 25.0 Å². The lowest BCUT2D eigenvalue weighted by atomic mass is 10.0. The number of hydrogen-bond acceptors (Lipinski definition) is 4. The molecule has 1 aromatic rings. The highest BCUT2D eigenvalue weighted by Crippen LogP contribution is 2.35. The van der Waals surface area contributed by atoms with E-state index in [9.17, 15) is 18.7 Å². The average Bonchev–Trinajstić information content (AvgIpc) is 2.90. The summed E-state index contributed by atoms with van der Waals surface area (Å²) >= 11 is 0. The highest BCUT2D eigenvalue weighted by molar-refractivity contribution is 5.94. The first-order valence-electron chi connectivity index (χ1n) is 7.94. The number of nitrogens with zero attached hydrogens (tertiary/aromatic N) is 3. The molecule has 0 aromatic carbocycles. The smallest absolute Gasteiger partial charge is 0.262 e. The second kappa shape index (κ2) is 6.49. The van der Waals surface area contributed by atoms with Crippen LogP contribution in [0.4, 0.5) is 8.78 Å². The van der Waals surface area contributed by atoms with Crippen molar-refractivity contribution in [2.24, 2.45) is 0 Å². The summed E-state index contributed by atoms with van der Waals surface area (Å²) in [5.74, 6) is -2.77. The van der Waals surface area contributed by atoms with Gasteiger partial charge >= 0.3 is 0 Å². The third kappa shape index (κ3) is 3.50. The fraction of sp³-hybridized carbons (Fsp3) is 0.625. The van der Waals surface area contributed by atoms with Crippen LogP contribution in [0.5, 0.6) is 0 Å². The van der Waals surface area contributed by atoms with Gasteiger partial charge in [-0.25, -0.2) is 8.78 Å². The Kier molecular flexibility index (Phi) is 4.59. The second-order valence-electron chi connectivity index (χ2n) is 6.33. The van der Waals surface area contributed by atoms with Crippen molar-refractivity contribution in [3.05, 3.63) is 30.1 Å². The van der Waals surface area contributed by atoms with Crippen molar-refractivity contribution < 1.29 is 18.7 Å². The second-order valence-corrected chi connectivity index (χ2v) is 6.33. The molecule has 2 aliphatic heterocycles. The summed E-state index contributed by atoms with van der Waals surface area (Å²) in [5.41, 5.74) is 0.597. The van der Waals surface area contributed by atoms with Crippen molar-refractivity contribution >= 4 is 5.91 Å². The highest BCUT2D eigenvalue weighted by Gasteiger charge is 2.47. The molecule has 0 aliphatic carbocycles. The fourth-order valence-corrected chi connectivity index (χ4v) is 3.60. The van der Waals surface area contributed by atoms with Crippen LogP contribution in [0.2, 0.25) is 0 Å². The minimum Gasteiger partial charge on any atom is -0.395 e. The van der Waals surface area contributed by atoms with Gasteiger partial charge in [-0.1, -0.05) is 0 Å². The van der Waals surface area contributed by atoms with Gasteiger partial charge in [0.2, 0.25) is 0 Å². The SMILES string of the molecule is O=C(c1ccncc1)N1CCC(N2CC(F)(F)C[C@H]2CO)CC1. The summed E-state index contributed by atoms with van der Waals surface area (Å²) < 4.78 is 27.2. The molecule has 0 unspecified atom stereocenters. The van der Waals surface area contributed by atoms with E-state index in [0.29, 0.717) is 31.5 Å². The van der Waals surface area contributed by atoms with Gasteiger partial charge in [0, 0.05) is 49.6 Å². The van der Waals surface area contributed by atoms with E-state index in [-0.39, 0.29) is 31.5 Å². The molecule has 7 heteroatoms. The molecule has 1 aromatic heterocycles. The predicted octanol–water partition coefficient (Wildman–Crippen LogP) is 1.39. The Balaban J connectivity index is 1.59. The molecule has 126 valence electrons. The molecular formula is C16H21F2N3O2. The molecule has 0 saturated carbocycles. The van der Waals surface area contributed by atoms with Crippen LogP contribution in [-0.4, -0.2) is 70.0 Å². The van der Waals surface area contributed by atoms with E-state index in [0.717, 1.165) is 0 Å². The van der Waals surface area contributed by atoms with Gasteiger partial charge < -0.3 is 10.0 Å². The summed E-state index contributed by atoms with van der Waals surface area (Å²) in [7, 11) is 0. The molecule has 1 amide bonds. The Bertz CT molecular complexity index is 548. The fourth-order valence-electron chi connectivity index (χ4n) is 3.60. The number of likely N-dealkylation sites (tertiary alicyclic amines) is 2. The van der Waals surface area contributed by atoms with Gasteiger partial charge in [0.15, 0.2) is 0 Å². The number of pyridine rings is 1. The number of rotatable bonds is 3. The van der Waals surface area contributed by atoms with Crippen LogP contribution in [0.15, 0.2) is 24.5 Å². The van der Waals surface area contributed by atoms with E-state index >= 15 is 0 Å². The molecular weight excluding hydrogens is 304 g/mol. The van der Waals surface area contributed by atoms with Crippen molar-refractivity contribution in [2.75, 3.05) is 26.2 Å². The molecule has 0 radical (unpaired) electrons. The predicted molar refractivity (Wildman–Crippen MR) is 80.3 cm³/mol. The van der Waals surface area contributed by atoms with E-state index in [2.05, 4.69) is 4.98 Å². The number of halogens is 2. The number of aliphatic hydroxyl groups is 1. The number of aliphatic hydroxyl groups excluding tert-OH is 1. The zero-order valence-corrected chi connectivity index (χ0v) is 12.9. The number of hydrogen-bond donors (Lipinski definition) is 1. The van der Waals surface area contributed by atoms with Crippen molar-refractivity contribution in [1.29, 1.82) is 0 Å². The summed E-state index contributed by atoms with van der Waals surface area (Å²) in [4.78, 5) is 19.8. The van der Waals surface area contributed by atoms with E-state index in [1.54, 1.807) is 34.3 Å². The topological polar surface area (TPSA) is 56.7 Å². The molecule has 3 heterocycles. The monoisotopic (exact) mass is 325 g/mol. The Hall–Kier alpha value is -1.60. The van der Waals surface area contributed by atoms with Crippen LogP contribution in [0, 0.1) is 0 Å². The third-order valence-electron chi connectivity index (χ3n) is 4.78. The quantitative estimate of drug-likeness (QED) is 0.912. The molecule has 2 fully saturated rings. The van der Waals surface area contributed by atoms with E-state index in [4.69, 9.17) is 0 Å². The molecule has 2 aliphatic rings. The maximum Gasteiger partial charge on any atom is 0.262 e.